The van der Waals surface area contributed by atoms with Crippen molar-refractivity contribution in [3.63, 3.8) is 0 Å². The Morgan fingerprint density at radius 1 is 1.08 bits per heavy atom. The maximum absolute atomic E-state index is 12.4. The Labute approximate surface area is 158 Å². The summed E-state index contributed by atoms with van der Waals surface area (Å²) < 4.78 is 0. The van der Waals surface area contributed by atoms with Crippen molar-refractivity contribution < 1.29 is 9.59 Å². The summed E-state index contributed by atoms with van der Waals surface area (Å²) in [7, 11) is 0. The highest BCUT2D eigenvalue weighted by atomic mass is 32.2. The number of thioether (sulfide) groups is 1. The number of hydrogen-bond donors (Lipinski definition) is 1. The predicted octanol–water partition coefficient (Wildman–Crippen LogP) is 3.31. The summed E-state index contributed by atoms with van der Waals surface area (Å²) in [6, 6.07) is 8.90. The van der Waals surface area contributed by atoms with Gasteiger partial charge in [0, 0.05) is 35.7 Å². The van der Waals surface area contributed by atoms with Gasteiger partial charge in [0.25, 0.3) is 5.91 Å². The molecule has 0 atom stereocenters. The van der Waals surface area contributed by atoms with Crippen LogP contribution >= 0.6 is 11.8 Å². The molecule has 138 valence electrons. The second-order valence-corrected chi connectivity index (χ2v) is 6.77. The lowest BCUT2D eigenvalue weighted by Gasteiger charge is -2.19. The van der Waals surface area contributed by atoms with Crippen LogP contribution in [0.1, 0.15) is 35.6 Å². The average Bonchev–Trinajstić information content (AvgIpc) is 2.60. The van der Waals surface area contributed by atoms with Gasteiger partial charge in [0.05, 0.1) is 5.75 Å². The summed E-state index contributed by atoms with van der Waals surface area (Å²) in [6.07, 6.45) is 0. The quantitative estimate of drug-likeness (QED) is 0.596. The standard InChI is InChI=1S/C19H24N4O2S/c1-5-23(6-2)18(25)15-8-7-9-16(11-15)22-17(24)12-26-19-20-13(3)10-14(4)21-19/h7-11H,5-6,12H2,1-4H3,(H,22,24). The zero-order chi connectivity index (χ0) is 19.1. The molecular weight excluding hydrogens is 348 g/mol. The predicted molar refractivity (Wildman–Crippen MR) is 105 cm³/mol. The van der Waals surface area contributed by atoms with Crippen molar-refractivity contribution in [3.05, 3.63) is 47.3 Å². The molecule has 0 fully saturated rings. The minimum absolute atomic E-state index is 0.0379. The Morgan fingerprint density at radius 2 is 1.73 bits per heavy atom. The van der Waals surface area contributed by atoms with E-state index in [0.29, 0.717) is 29.5 Å². The Hall–Kier alpha value is -2.41. The fourth-order valence-corrected chi connectivity index (χ4v) is 3.26. The zero-order valence-corrected chi connectivity index (χ0v) is 16.4. The third kappa shape index (κ3) is 5.56. The summed E-state index contributed by atoms with van der Waals surface area (Å²) in [5.41, 5.74) is 2.93. The monoisotopic (exact) mass is 372 g/mol. The summed E-state index contributed by atoms with van der Waals surface area (Å²) >= 11 is 1.29. The lowest BCUT2D eigenvalue weighted by molar-refractivity contribution is -0.113. The minimum Gasteiger partial charge on any atom is -0.339 e. The summed E-state index contributed by atoms with van der Waals surface area (Å²) in [5, 5.41) is 3.41. The van der Waals surface area contributed by atoms with Crippen LogP contribution in [0.2, 0.25) is 0 Å². The molecule has 0 unspecified atom stereocenters. The molecule has 0 aliphatic heterocycles. The van der Waals surface area contributed by atoms with Crippen LogP contribution in [0.4, 0.5) is 5.69 Å². The van der Waals surface area contributed by atoms with Crippen molar-refractivity contribution in [3.8, 4) is 0 Å². The maximum atomic E-state index is 12.4. The first-order valence-corrected chi connectivity index (χ1v) is 9.55. The molecule has 6 nitrogen and oxygen atoms in total. The van der Waals surface area contributed by atoms with Crippen molar-refractivity contribution in [2.24, 2.45) is 0 Å². The molecule has 0 aliphatic carbocycles. The molecule has 0 spiro atoms. The second-order valence-electron chi connectivity index (χ2n) is 5.83. The van der Waals surface area contributed by atoms with E-state index in [1.807, 2.05) is 33.8 Å². The van der Waals surface area contributed by atoms with Crippen LogP contribution in [-0.4, -0.2) is 45.5 Å². The molecule has 0 saturated carbocycles. The van der Waals surface area contributed by atoms with Gasteiger partial charge in [-0.25, -0.2) is 9.97 Å². The SMILES string of the molecule is CCN(CC)C(=O)c1cccc(NC(=O)CSc2nc(C)cc(C)n2)c1. The Bertz CT molecular complexity index is 771. The fraction of sp³-hybridized carbons (Fsp3) is 0.368. The van der Waals surface area contributed by atoms with E-state index in [1.54, 1.807) is 29.2 Å². The third-order valence-corrected chi connectivity index (χ3v) is 4.59. The normalized spacial score (nSPS) is 10.5. The van der Waals surface area contributed by atoms with Crippen molar-refractivity contribution >= 4 is 29.3 Å². The molecule has 7 heteroatoms. The van der Waals surface area contributed by atoms with E-state index in [4.69, 9.17) is 0 Å². The zero-order valence-electron chi connectivity index (χ0n) is 15.6. The second kappa shape index (κ2) is 9.33. The van der Waals surface area contributed by atoms with Crippen LogP contribution in [0.15, 0.2) is 35.5 Å². The number of carbonyl (C=O) groups excluding carboxylic acids is 2. The lowest BCUT2D eigenvalue weighted by Crippen LogP contribution is -2.30. The van der Waals surface area contributed by atoms with Gasteiger partial charge in [-0.2, -0.15) is 0 Å². The molecule has 1 heterocycles. The fourth-order valence-electron chi connectivity index (χ4n) is 2.51. The van der Waals surface area contributed by atoms with E-state index in [2.05, 4.69) is 15.3 Å². The van der Waals surface area contributed by atoms with Crippen LogP contribution in [0, 0.1) is 13.8 Å². The van der Waals surface area contributed by atoms with E-state index in [9.17, 15) is 9.59 Å². The number of amides is 2. The van der Waals surface area contributed by atoms with Gasteiger partial charge in [0.1, 0.15) is 0 Å². The molecule has 1 N–H and O–H groups in total. The highest BCUT2D eigenvalue weighted by Crippen LogP contribution is 2.16. The molecule has 1 aromatic heterocycles. The van der Waals surface area contributed by atoms with Crippen LogP contribution in [-0.2, 0) is 4.79 Å². The number of carbonyl (C=O) groups is 2. The van der Waals surface area contributed by atoms with Gasteiger partial charge in [-0.05, 0) is 52.0 Å². The smallest absolute Gasteiger partial charge is 0.253 e. The molecule has 0 radical (unpaired) electrons. The first-order valence-electron chi connectivity index (χ1n) is 8.57. The summed E-state index contributed by atoms with van der Waals surface area (Å²) in [6.45, 7) is 8.99. The summed E-state index contributed by atoms with van der Waals surface area (Å²) in [5.74, 6) is 0.00575. The van der Waals surface area contributed by atoms with Crippen molar-refractivity contribution in [1.29, 1.82) is 0 Å². The Morgan fingerprint density at radius 3 is 2.35 bits per heavy atom. The average molecular weight is 372 g/mol. The lowest BCUT2D eigenvalue weighted by atomic mass is 10.1. The molecule has 2 amide bonds. The molecule has 1 aromatic carbocycles. The van der Waals surface area contributed by atoms with Gasteiger partial charge >= 0.3 is 0 Å². The van der Waals surface area contributed by atoms with Gasteiger partial charge < -0.3 is 10.2 Å². The van der Waals surface area contributed by atoms with Crippen molar-refractivity contribution in [1.82, 2.24) is 14.9 Å². The van der Waals surface area contributed by atoms with E-state index in [0.717, 1.165) is 11.4 Å². The molecule has 0 saturated heterocycles. The number of nitrogens with one attached hydrogen (secondary N) is 1. The maximum Gasteiger partial charge on any atom is 0.253 e. The van der Waals surface area contributed by atoms with E-state index >= 15 is 0 Å². The van der Waals surface area contributed by atoms with Crippen LogP contribution in [0.3, 0.4) is 0 Å². The molecule has 2 aromatic rings. The van der Waals surface area contributed by atoms with Crippen molar-refractivity contribution in [2.45, 2.75) is 32.9 Å². The van der Waals surface area contributed by atoms with Crippen LogP contribution in [0.25, 0.3) is 0 Å². The van der Waals surface area contributed by atoms with E-state index in [-0.39, 0.29) is 17.6 Å². The molecule has 0 aliphatic rings. The Kier molecular flexibility index (Phi) is 7.15. The first kappa shape index (κ1) is 19.9. The van der Waals surface area contributed by atoms with E-state index < -0.39 is 0 Å². The molecule has 26 heavy (non-hydrogen) atoms. The summed E-state index contributed by atoms with van der Waals surface area (Å²) in [4.78, 5) is 35.0. The van der Waals surface area contributed by atoms with Gasteiger partial charge in [-0.15, -0.1) is 0 Å². The van der Waals surface area contributed by atoms with Crippen molar-refractivity contribution in [2.75, 3.05) is 24.2 Å². The molecule has 0 bridgehead atoms. The minimum atomic E-state index is -0.162. The number of anilines is 1. The van der Waals surface area contributed by atoms with Gasteiger partial charge in [0.2, 0.25) is 5.91 Å². The van der Waals surface area contributed by atoms with Gasteiger partial charge in [-0.3, -0.25) is 9.59 Å². The van der Waals surface area contributed by atoms with Crippen LogP contribution < -0.4 is 5.32 Å². The number of benzene rings is 1. The largest absolute Gasteiger partial charge is 0.339 e. The number of aryl methyl sites for hydroxylation is 2. The van der Waals surface area contributed by atoms with Gasteiger partial charge in [0.15, 0.2) is 5.16 Å². The first-order chi connectivity index (χ1) is 12.4. The number of nitrogens with zero attached hydrogens (tertiary/aromatic N) is 3. The topological polar surface area (TPSA) is 75.2 Å². The molecular formula is C19H24N4O2S. The van der Waals surface area contributed by atoms with E-state index in [1.165, 1.54) is 11.8 Å². The molecule has 2 rings (SSSR count). The third-order valence-electron chi connectivity index (χ3n) is 3.74. The number of hydrogen-bond acceptors (Lipinski definition) is 5. The Balaban J connectivity index is 1.98. The number of rotatable bonds is 7. The number of aromatic nitrogens is 2. The van der Waals surface area contributed by atoms with Gasteiger partial charge in [-0.1, -0.05) is 17.8 Å². The van der Waals surface area contributed by atoms with Crippen LogP contribution in [0.5, 0.6) is 0 Å². The highest BCUT2D eigenvalue weighted by molar-refractivity contribution is 7.99. The highest BCUT2D eigenvalue weighted by Gasteiger charge is 2.13.